The lowest BCUT2D eigenvalue weighted by molar-refractivity contribution is 0.0960. The van der Waals surface area contributed by atoms with Crippen molar-refractivity contribution in [3.05, 3.63) is 60.2 Å². The zero-order valence-corrected chi connectivity index (χ0v) is 13.2. The molecule has 0 radical (unpaired) electrons. The fraction of sp³-hybridized carbons (Fsp3) is 0.100. The van der Waals surface area contributed by atoms with Crippen LogP contribution in [-0.2, 0) is 0 Å². The highest BCUT2D eigenvalue weighted by Gasteiger charge is 2.13. The number of terminal acetylenes is 1. The first-order valence-electron chi connectivity index (χ1n) is 7.49. The lowest BCUT2D eigenvalue weighted by Gasteiger charge is -2.10. The van der Waals surface area contributed by atoms with Crippen LogP contribution >= 0.6 is 0 Å². The Morgan fingerprint density at radius 3 is 2.67 bits per heavy atom. The van der Waals surface area contributed by atoms with Gasteiger partial charge in [-0.2, -0.15) is 0 Å². The van der Waals surface area contributed by atoms with E-state index < -0.39 is 0 Å². The molecule has 4 heteroatoms. The Bertz CT molecular complexity index is 925. The highest BCUT2D eigenvalue weighted by atomic mass is 16.5. The molecule has 1 N–H and O–H groups in total. The second-order valence-electron chi connectivity index (χ2n) is 5.19. The van der Waals surface area contributed by atoms with Gasteiger partial charge in [-0.15, -0.1) is 6.42 Å². The maximum Gasteiger partial charge on any atom is 0.252 e. The van der Waals surface area contributed by atoms with E-state index in [-0.39, 0.29) is 12.5 Å². The quantitative estimate of drug-likeness (QED) is 0.752. The third kappa shape index (κ3) is 3.06. The second-order valence-corrected chi connectivity index (χ2v) is 5.19. The van der Waals surface area contributed by atoms with Crippen molar-refractivity contribution in [2.24, 2.45) is 0 Å². The van der Waals surface area contributed by atoms with Crippen LogP contribution in [0.15, 0.2) is 54.6 Å². The van der Waals surface area contributed by atoms with E-state index in [1.807, 2.05) is 48.5 Å². The molecule has 1 heterocycles. The van der Waals surface area contributed by atoms with Crippen molar-refractivity contribution in [2.45, 2.75) is 0 Å². The van der Waals surface area contributed by atoms with Gasteiger partial charge in [0.1, 0.15) is 5.75 Å². The summed E-state index contributed by atoms with van der Waals surface area (Å²) in [4.78, 5) is 17.1. The van der Waals surface area contributed by atoms with Crippen LogP contribution in [0.25, 0.3) is 22.2 Å². The molecule has 0 aliphatic heterocycles. The molecule has 4 nitrogen and oxygen atoms in total. The van der Waals surface area contributed by atoms with Crippen molar-refractivity contribution in [1.29, 1.82) is 0 Å². The van der Waals surface area contributed by atoms with Gasteiger partial charge in [0.2, 0.25) is 0 Å². The summed E-state index contributed by atoms with van der Waals surface area (Å²) in [5, 5.41) is 3.51. The molecule has 0 fully saturated rings. The van der Waals surface area contributed by atoms with Gasteiger partial charge in [0, 0.05) is 10.9 Å². The van der Waals surface area contributed by atoms with Crippen molar-refractivity contribution in [2.75, 3.05) is 13.7 Å². The maximum absolute atomic E-state index is 12.4. The Balaban J connectivity index is 2.12. The van der Waals surface area contributed by atoms with Crippen molar-refractivity contribution < 1.29 is 9.53 Å². The molecule has 24 heavy (non-hydrogen) atoms. The third-order valence-corrected chi connectivity index (χ3v) is 3.70. The Morgan fingerprint density at radius 1 is 1.21 bits per heavy atom. The monoisotopic (exact) mass is 316 g/mol. The molecule has 0 atom stereocenters. The van der Waals surface area contributed by atoms with E-state index in [1.54, 1.807) is 13.2 Å². The Hall–Kier alpha value is -3.32. The van der Waals surface area contributed by atoms with Gasteiger partial charge in [-0.3, -0.25) is 4.79 Å². The number of ether oxygens (including phenoxy) is 1. The van der Waals surface area contributed by atoms with Gasteiger partial charge in [0.15, 0.2) is 0 Å². The minimum Gasteiger partial charge on any atom is -0.497 e. The van der Waals surface area contributed by atoms with Crippen molar-refractivity contribution in [1.82, 2.24) is 10.3 Å². The number of carbonyl (C=O) groups excluding carboxylic acids is 1. The van der Waals surface area contributed by atoms with Crippen LogP contribution in [0.3, 0.4) is 0 Å². The molecule has 0 saturated carbocycles. The fourth-order valence-electron chi connectivity index (χ4n) is 2.50. The largest absolute Gasteiger partial charge is 0.497 e. The first kappa shape index (κ1) is 15.6. The zero-order chi connectivity index (χ0) is 16.9. The summed E-state index contributed by atoms with van der Waals surface area (Å²) in [5.74, 6) is 2.98. The number of para-hydroxylation sites is 1. The van der Waals surface area contributed by atoms with Crippen molar-refractivity contribution >= 4 is 16.8 Å². The lowest BCUT2D eigenvalue weighted by Crippen LogP contribution is -2.23. The molecule has 2 aromatic carbocycles. The number of rotatable bonds is 4. The summed E-state index contributed by atoms with van der Waals surface area (Å²) in [5.41, 5.74) is 2.95. The fourth-order valence-corrected chi connectivity index (χ4v) is 2.50. The number of carbonyl (C=O) groups is 1. The number of amides is 1. The lowest BCUT2D eigenvalue weighted by atomic mass is 10.0. The van der Waals surface area contributed by atoms with Gasteiger partial charge in [-0.25, -0.2) is 4.98 Å². The number of hydrogen-bond acceptors (Lipinski definition) is 3. The standard InChI is InChI=1S/C20H16N2O2/c1-3-12-21-20(23)17-13-19(14-8-10-15(24-2)11-9-14)22-18-7-5-4-6-16(17)18/h1,4-11,13H,12H2,2H3,(H,21,23). The predicted molar refractivity (Wildman–Crippen MR) is 94.9 cm³/mol. The van der Waals surface area contributed by atoms with E-state index in [2.05, 4.69) is 16.2 Å². The van der Waals surface area contributed by atoms with E-state index in [1.165, 1.54) is 0 Å². The van der Waals surface area contributed by atoms with E-state index in [4.69, 9.17) is 11.2 Å². The molecule has 0 aliphatic carbocycles. The molecular weight excluding hydrogens is 300 g/mol. The van der Waals surface area contributed by atoms with Gasteiger partial charge < -0.3 is 10.1 Å². The van der Waals surface area contributed by atoms with Crippen LogP contribution in [0.1, 0.15) is 10.4 Å². The van der Waals surface area contributed by atoms with E-state index >= 15 is 0 Å². The summed E-state index contributed by atoms with van der Waals surface area (Å²) in [6.45, 7) is 0.188. The van der Waals surface area contributed by atoms with Crippen LogP contribution < -0.4 is 10.1 Å². The van der Waals surface area contributed by atoms with Gasteiger partial charge in [0.25, 0.3) is 5.91 Å². The van der Waals surface area contributed by atoms with Gasteiger partial charge in [-0.05, 0) is 36.4 Å². The van der Waals surface area contributed by atoms with Crippen LogP contribution in [0.2, 0.25) is 0 Å². The minimum absolute atomic E-state index is 0.188. The van der Waals surface area contributed by atoms with Gasteiger partial charge in [-0.1, -0.05) is 24.1 Å². The Kier molecular flexibility index (Phi) is 4.44. The van der Waals surface area contributed by atoms with Gasteiger partial charge >= 0.3 is 0 Å². The first-order valence-corrected chi connectivity index (χ1v) is 7.49. The second kappa shape index (κ2) is 6.84. The molecule has 0 unspecified atom stereocenters. The Morgan fingerprint density at radius 2 is 1.96 bits per heavy atom. The molecule has 0 aliphatic rings. The molecule has 0 spiro atoms. The molecule has 3 rings (SSSR count). The summed E-state index contributed by atoms with van der Waals surface area (Å²) < 4.78 is 5.18. The van der Waals surface area contributed by atoms with Crippen LogP contribution in [0.5, 0.6) is 5.75 Å². The van der Waals surface area contributed by atoms with Crippen LogP contribution in [0.4, 0.5) is 0 Å². The van der Waals surface area contributed by atoms with E-state index in [0.717, 1.165) is 27.9 Å². The SMILES string of the molecule is C#CCNC(=O)c1cc(-c2ccc(OC)cc2)nc2ccccc12. The predicted octanol–water partition coefficient (Wildman–Crippen LogP) is 3.27. The highest BCUT2D eigenvalue weighted by Crippen LogP contribution is 2.26. The third-order valence-electron chi connectivity index (χ3n) is 3.70. The number of fused-ring (bicyclic) bond motifs is 1. The minimum atomic E-state index is -0.207. The number of hydrogen-bond donors (Lipinski definition) is 1. The van der Waals surface area contributed by atoms with E-state index in [0.29, 0.717) is 5.56 Å². The normalized spacial score (nSPS) is 10.2. The number of nitrogens with zero attached hydrogens (tertiary/aromatic N) is 1. The Labute approximate surface area is 140 Å². The molecule has 0 bridgehead atoms. The summed E-state index contributed by atoms with van der Waals surface area (Å²) in [7, 11) is 1.62. The van der Waals surface area contributed by atoms with Crippen LogP contribution in [0, 0.1) is 12.3 Å². The molecule has 1 amide bonds. The molecular formula is C20H16N2O2. The maximum atomic E-state index is 12.4. The zero-order valence-electron chi connectivity index (χ0n) is 13.2. The molecule has 118 valence electrons. The van der Waals surface area contributed by atoms with Crippen molar-refractivity contribution in [3.8, 4) is 29.4 Å². The molecule has 0 saturated heterocycles. The number of methoxy groups -OCH3 is 1. The summed E-state index contributed by atoms with van der Waals surface area (Å²) in [6.07, 6.45) is 5.23. The smallest absolute Gasteiger partial charge is 0.252 e. The summed E-state index contributed by atoms with van der Waals surface area (Å²) in [6, 6.07) is 16.9. The number of benzene rings is 2. The number of nitrogens with one attached hydrogen (secondary N) is 1. The van der Waals surface area contributed by atoms with Gasteiger partial charge in [0.05, 0.1) is 30.4 Å². The van der Waals surface area contributed by atoms with Crippen molar-refractivity contribution in [3.63, 3.8) is 0 Å². The first-order chi connectivity index (χ1) is 11.7. The molecule has 3 aromatic rings. The van der Waals surface area contributed by atoms with E-state index in [9.17, 15) is 4.79 Å². The number of pyridine rings is 1. The highest BCUT2D eigenvalue weighted by molar-refractivity contribution is 6.07. The summed E-state index contributed by atoms with van der Waals surface area (Å²) >= 11 is 0. The number of aromatic nitrogens is 1. The average molecular weight is 316 g/mol. The molecule has 1 aromatic heterocycles. The van der Waals surface area contributed by atoms with Crippen LogP contribution in [-0.4, -0.2) is 24.5 Å². The topological polar surface area (TPSA) is 51.2 Å². The average Bonchev–Trinajstić information content (AvgIpc) is 2.65.